The summed E-state index contributed by atoms with van der Waals surface area (Å²) in [5.41, 5.74) is 0.634. The molecular formula is C17H16ClN3O5. The summed E-state index contributed by atoms with van der Waals surface area (Å²) in [7, 11) is 0. The molecule has 8 nitrogen and oxygen atoms in total. The molecule has 0 saturated carbocycles. The van der Waals surface area contributed by atoms with Gasteiger partial charge in [0.25, 0.3) is 11.6 Å². The summed E-state index contributed by atoms with van der Waals surface area (Å²) in [5, 5.41) is 13.5. The van der Waals surface area contributed by atoms with E-state index >= 15 is 0 Å². The second kappa shape index (κ2) is 8.11. The minimum absolute atomic E-state index is 0.00599. The topological polar surface area (TPSA) is 104 Å². The average molecular weight is 378 g/mol. The van der Waals surface area contributed by atoms with Crippen molar-refractivity contribution in [1.29, 1.82) is 0 Å². The van der Waals surface area contributed by atoms with E-state index in [2.05, 4.69) is 10.3 Å². The lowest BCUT2D eigenvalue weighted by molar-refractivity contribution is -0.384. The molecule has 0 radical (unpaired) electrons. The Morgan fingerprint density at radius 2 is 2.00 bits per heavy atom. The number of hydrogen-bond acceptors (Lipinski definition) is 6. The van der Waals surface area contributed by atoms with E-state index in [1.807, 2.05) is 0 Å². The summed E-state index contributed by atoms with van der Waals surface area (Å²) in [6.07, 6.45) is 2.90. The quantitative estimate of drug-likeness (QED) is 0.632. The molecule has 2 aromatic rings. The molecule has 0 unspecified atom stereocenters. The van der Waals surface area contributed by atoms with Crippen LogP contribution in [0, 0.1) is 10.1 Å². The van der Waals surface area contributed by atoms with Gasteiger partial charge in [0.1, 0.15) is 11.1 Å². The summed E-state index contributed by atoms with van der Waals surface area (Å²) < 4.78 is 11.0. The molecule has 1 amide bonds. The number of benzene rings is 1. The summed E-state index contributed by atoms with van der Waals surface area (Å²) in [5.74, 6) is -0.142. The van der Waals surface area contributed by atoms with Crippen LogP contribution in [0.25, 0.3) is 0 Å². The number of nitro benzene ring substituents is 1. The number of pyridine rings is 1. The molecule has 9 heteroatoms. The molecule has 1 aromatic heterocycles. The molecule has 1 aromatic carbocycles. The first kappa shape index (κ1) is 18.1. The van der Waals surface area contributed by atoms with Crippen LogP contribution in [0.1, 0.15) is 23.2 Å². The number of rotatable bonds is 5. The number of carbonyl (C=O) groups excluding carboxylic acids is 1. The zero-order chi connectivity index (χ0) is 18.5. The third-order valence-electron chi connectivity index (χ3n) is 3.85. The third-order valence-corrected chi connectivity index (χ3v) is 4.12. The number of ether oxygens (including phenoxy) is 2. The minimum Gasteiger partial charge on any atom is -0.473 e. The van der Waals surface area contributed by atoms with Gasteiger partial charge in [0.2, 0.25) is 5.88 Å². The van der Waals surface area contributed by atoms with Crippen LogP contribution < -0.4 is 10.1 Å². The maximum atomic E-state index is 12.3. The van der Waals surface area contributed by atoms with E-state index in [1.54, 1.807) is 0 Å². The van der Waals surface area contributed by atoms with Gasteiger partial charge in [0.15, 0.2) is 0 Å². The molecule has 1 fully saturated rings. The van der Waals surface area contributed by atoms with Gasteiger partial charge in [-0.15, -0.1) is 0 Å². The van der Waals surface area contributed by atoms with Crippen molar-refractivity contribution >= 4 is 28.9 Å². The van der Waals surface area contributed by atoms with Gasteiger partial charge in [-0.25, -0.2) is 4.98 Å². The highest BCUT2D eigenvalue weighted by molar-refractivity contribution is 6.32. The van der Waals surface area contributed by atoms with Gasteiger partial charge in [0, 0.05) is 36.9 Å². The Labute approximate surface area is 154 Å². The summed E-state index contributed by atoms with van der Waals surface area (Å²) in [6.45, 7) is 1.27. The second-order valence-corrected chi connectivity index (χ2v) is 6.11. The number of carbonyl (C=O) groups is 1. The molecule has 2 heterocycles. The minimum atomic E-state index is -0.507. The molecule has 1 N–H and O–H groups in total. The van der Waals surface area contributed by atoms with E-state index in [0.29, 0.717) is 18.9 Å². The van der Waals surface area contributed by atoms with Crippen LogP contribution in [0.2, 0.25) is 5.02 Å². The van der Waals surface area contributed by atoms with E-state index in [-0.39, 0.29) is 28.3 Å². The van der Waals surface area contributed by atoms with Crippen molar-refractivity contribution in [1.82, 2.24) is 4.98 Å². The first-order valence-electron chi connectivity index (χ1n) is 7.98. The summed E-state index contributed by atoms with van der Waals surface area (Å²) in [6, 6.07) is 7.00. The number of non-ortho nitro benzene ring substituents is 1. The number of nitrogens with one attached hydrogen (secondary N) is 1. The lowest BCUT2D eigenvalue weighted by Crippen LogP contribution is -2.26. The molecule has 1 aliphatic heterocycles. The highest BCUT2D eigenvalue weighted by atomic mass is 35.5. The fourth-order valence-electron chi connectivity index (χ4n) is 2.46. The molecule has 0 aliphatic carbocycles. The van der Waals surface area contributed by atoms with Crippen LogP contribution in [-0.2, 0) is 4.74 Å². The van der Waals surface area contributed by atoms with Gasteiger partial charge in [-0.1, -0.05) is 11.6 Å². The average Bonchev–Trinajstić information content (AvgIpc) is 2.64. The molecule has 26 heavy (non-hydrogen) atoms. The number of aromatic nitrogens is 1. The van der Waals surface area contributed by atoms with Crippen molar-refractivity contribution in [2.75, 3.05) is 18.5 Å². The van der Waals surface area contributed by atoms with E-state index in [0.717, 1.165) is 12.8 Å². The van der Waals surface area contributed by atoms with Crippen LogP contribution in [-0.4, -0.2) is 35.1 Å². The molecule has 136 valence electrons. The monoisotopic (exact) mass is 377 g/mol. The normalized spacial score (nSPS) is 14.7. The predicted molar refractivity (Wildman–Crippen MR) is 94.8 cm³/mol. The van der Waals surface area contributed by atoms with Gasteiger partial charge in [-0.05, 0) is 18.2 Å². The van der Waals surface area contributed by atoms with Crippen LogP contribution >= 0.6 is 11.6 Å². The fourth-order valence-corrected chi connectivity index (χ4v) is 2.67. The number of halogens is 1. The van der Waals surface area contributed by atoms with E-state index in [1.165, 1.54) is 36.5 Å². The molecular weight excluding hydrogens is 362 g/mol. The zero-order valence-corrected chi connectivity index (χ0v) is 14.4. The molecule has 0 spiro atoms. The summed E-state index contributed by atoms with van der Waals surface area (Å²) >= 11 is 6.18. The van der Waals surface area contributed by atoms with Crippen molar-refractivity contribution in [3.63, 3.8) is 0 Å². The standard InChI is InChI=1S/C17H16ClN3O5/c18-15-9-11(10-19-17(15)26-14-5-7-25-8-6-14)16(22)20-12-1-3-13(4-2-12)21(23)24/h1-4,9-10,14H,5-8H2,(H,20,22). The lowest BCUT2D eigenvalue weighted by atomic mass is 10.1. The molecule has 1 saturated heterocycles. The van der Waals surface area contributed by atoms with Crippen molar-refractivity contribution in [2.45, 2.75) is 18.9 Å². The maximum absolute atomic E-state index is 12.3. The highest BCUT2D eigenvalue weighted by Crippen LogP contribution is 2.26. The Morgan fingerprint density at radius 3 is 2.62 bits per heavy atom. The van der Waals surface area contributed by atoms with Crippen LogP contribution in [0.15, 0.2) is 36.5 Å². The number of amides is 1. The fraction of sp³-hybridized carbons (Fsp3) is 0.294. The van der Waals surface area contributed by atoms with Gasteiger partial charge in [0.05, 0.1) is 23.7 Å². The molecule has 0 bridgehead atoms. The van der Waals surface area contributed by atoms with E-state index in [9.17, 15) is 14.9 Å². The third kappa shape index (κ3) is 4.47. The van der Waals surface area contributed by atoms with Crippen molar-refractivity contribution in [3.8, 4) is 5.88 Å². The zero-order valence-electron chi connectivity index (χ0n) is 13.7. The Balaban J connectivity index is 1.65. The highest BCUT2D eigenvalue weighted by Gasteiger charge is 2.18. The van der Waals surface area contributed by atoms with Gasteiger partial charge < -0.3 is 14.8 Å². The molecule has 3 rings (SSSR count). The Bertz CT molecular complexity index is 807. The van der Waals surface area contributed by atoms with Gasteiger partial charge in [-0.3, -0.25) is 14.9 Å². The van der Waals surface area contributed by atoms with Gasteiger partial charge >= 0.3 is 0 Å². The van der Waals surface area contributed by atoms with E-state index < -0.39 is 10.8 Å². The lowest BCUT2D eigenvalue weighted by Gasteiger charge is -2.23. The first-order chi connectivity index (χ1) is 12.5. The van der Waals surface area contributed by atoms with Crippen molar-refractivity contribution in [3.05, 3.63) is 57.2 Å². The Kier molecular flexibility index (Phi) is 5.65. The molecule has 0 atom stereocenters. The van der Waals surface area contributed by atoms with Gasteiger partial charge in [-0.2, -0.15) is 0 Å². The maximum Gasteiger partial charge on any atom is 0.269 e. The number of nitro groups is 1. The Hall–Kier alpha value is -2.71. The first-order valence-corrected chi connectivity index (χ1v) is 8.36. The second-order valence-electron chi connectivity index (χ2n) is 5.70. The van der Waals surface area contributed by atoms with Crippen LogP contribution in [0.5, 0.6) is 5.88 Å². The summed E-state index contributed by atoms with van der Waals surface area (Å²) in [4.78, 5) is 26.5. The van der Waals surface area contributed by atoms with Crippen LogP contribution in [0.4, 0.5) is 11.4 Å². The number of anilines is 1. The number of nitrogens with zero attached hydrogens (tertiary/aromatic N) is 2. The number of hydrogen-bond donors (Lipinski definition) is 1. The van der Waals surface area contributed by atoms with E-state index in [4.69, 9.17) is 21.1 Å². The smallest absolute Gasteiger partial charge is 0.269 e. The van der Waals surface area contributed by atoms with Crippen molar-refractivity contribution < 1.29 is 19.2 Å². The van der Waals surface area contributed by atoms with Crippen molar-refractivity contribution in [2.24, 2.45) is 0 Å². The molecule has 1 aliphatic rings. The largest absolute Gasteiger partial charge is 0.473 e. The predicted octanol–water partition coefficient (Wildman–Crippen LogP) is 3.45. The van der Waals surface area contributed by atoms with Crippen LogP contribution in [0.3, 0.4) is 0 Å². The Morgan fingerprint density at radius 1 is 1.31 bits per heavy atom. The SMILES string of the molecule is O=C(Nc1ccc([N+](=O)[O-])cc1)c1cnc(OC2CCOCC2)c(Cl)c1.